The molecular weight excluding hydrogens is 224 g/mol. The summed E-state index contributed by atoms with van der Waals surface area (Å²) in [5, 5.41) is 17.7. The third kappa shape index (κ3) is 5.61. The SMILES string of the molecule is Cc1ccc[c-]c1O.Cc1ccc[c-]c1O.[Mg+2]. The van der Waals surface area contributed by atoms with Crippen LogP contribution < -0.4 is 0 Å². The molecule has 0 fully saturated rings. The van der Waals surface area contributed by atoms with Gasteiger partial charge in [-0.25, -0.2) is 0 Å². The largest absolute Gasteiger partial charge is 2.00 e. The number of aryl methyl sites for hydroxylation is 2. The number of phenols is 2. The summed E-state index contributed by atoms with van der Waals surface area (Å²) in [6.45, 7) is 3.68. The van der Waals surface area contributed by atoms with Crippen molar-refractivity contribution in [3.63, 3.8) is 0 Å². The van der Waals surface area contributed by atoms with Gasteiger partial charge in [0.2, 0.25) is 0 Å². The average molecular weight is 239 g/mol. The van der Waals surface area contributed by atoms with Crippen LogP contribution >= 0.6 is 0 Å². The Hall–Kier alpha value is -1.19. The zero-order valence-corrected chi connectivity index (χ0v) is 11.5. The van der Waals surface area contributed by atoms with E-state index in [2.05, 4.69) is 12.1 Å². The van der Waals surface area contributed by atoms with E-state index in [4.69, 9.17) is 10.2 Å². The van der Waals surface area contributed by atoms with Crippen molar-refractivity contribution in [3.8, 4) is 11.5 Å². The molecule has 2 rings (SSSR count). The predicted molar refractivity (Wildman–Crippen MR) is 69.1 cm³/mol. The number of para-hydroxylation sites is 2. The molecule has 0 unspecified atom stereocenters. The van der Waals surface area contributed by atoms with Crippen LogP contribution in [0.1, 0.15) is 11.1 Å². The second-order valence-electron chi connectivity index (χ2n) is 3.40. The molecular formula is C14H14MgO2. The van der Waals surface area contributed by atoms with Crippen LogP contribution in [0.2, 0.25) is 0 Å². The van der Waals surface area contributed by atoms with Crippen molar-refractivity contribution >= 4 is 23.1 Å². The van der Waals surface area contributed by atoms with Gasteiger partial charge in [-0.1, -0.05) is 13.8 Å². The minimum atomic E-state index is 0. The number of phenolic OH excluding ortho intramolecular Hbond substituents is 2. The Labute approximate surface area is 118 Å². The Kier molecular flexibility index (Phi) is 7.42. The summed E-state index contributed by atoms with van der Waals surface area (Å²) < 4.78 is 0. The standard InChI is InChI=1S/2C7H7O.Mg/c2*1-6-4-2-3-5-7(6)8;/h2*2-4,8H,1H3;/q2*-1;+2. The molecule has 3 heteroatoms. The van der Waals surface area contributed by atoms with Crippen LogP contribution in [-0.4, -0.2) is 33.3 Å². The fraction of sp³-hybridized carbons (Fsp3) is 0.143. The summed E-state index contributed by atoms with van der Waals surface area (Å²) in [7, 11) is 0. The summed E-state index contributed by atoms with van der Waals surface area (Å²) in [4.78, 5) is 0. The molecule has 2 nitrogen and oxygen atoms in total. The maximum absolute atomic E-state index is 8.86. The van der Waals surface area contributed by atoms with Gasteiger partial charge in [-0.2, -0.15) is 36.4 Å². The monoisotopic (exact) mass is 238 g/mol. The third-order valence-corrected chi connectivity index (χ3v) is 2.07. The molecule has 0 heterocycles. The maximum Gasteiger partial charge on any atom is 2.00 e. The van der Waals surface area contributed by atoms with Crippen LogP contribution in [-0.2, 0) is 0 Å². The Bertz CT molecular complexity index is 370. The second kappa shape index (κ2) is 7.98. The van der Waals surface area contributed by atoms with E-state index < -0.39 is 0 Å². The molecule has 2 N–H and O–H groups in total. The van der Waals surface area contributed by atoms with E-state index in [1.807, 2.05) is 38.1 Å². The van der Waals surface area contributed by atoms with E-state index in [9.17, 15) is 0 Å². The van der Waals surface area contributed by atoms with Crippen molar-refractivity contribution in [2.45, 2.75) is 13.8 Å². The van der Waals surface area contributed by atoms with E-state index in [-0.39, 0.29) is 34.6 Å². The summed E-state index contributed by atoms with van der Waals surface area (Å²) in [6, 6.07) is 16.0. The van der Waals surface area contributed by atoms with Crippen molar-refractivity contribution in [1.29, 1.82) is 0 Å². The van der Waals surface area contributed by atoms with Gasteiger partial charge < -0.3 is 10.2 Å². The van der Waals surface area contributed by atoms with Crippen molar-refractivity contribution < 1.29 is 10.2 Å². The molecule has 0 bridgehead atoms. The van der Waals surface area contributed by atoms with Crippen LogP contribution in [0.25, 0.3) is 0 Å². The third-order valence-electron chi connectivity index (χ3n) is 2.07. The van der Waals surface area contributed by atoms with Crippen molar-refractivity contribution in [3.05, 3.63) is 59.7 Å². The van der Waals surface area contributed by atoms with Crippen LogP contribution in [0.15, 0.2) is 36.4 Å². The molecule has 17 heavy (non-hydrogen) atoms. The van der Waals surface area contributed by atoms with Gasteiger partial charge in [0.05, 0.1) is 0 Å². The topological polar surface area (TPSA) is 40.5 Å². The quantitative estimate of drug-likeness (QED) is 0.547. The average Bonchev–Trinajstić information content (AvgIpc) is 2.28. The van der Waals surface area contributed by atoms with Gasteiger partial charge in [-0.15, -0.1) is 23.3 Å². The second-order valence-corrected chi connectivity index (χ2v) is 3.40. The molecule has 0 aliphatic heterocycles. The number of hydrogen-bond acceptors (Lipinski definition) is 2. The van der Waals surface area contributed by atoms with Gasteiger partial charge in [-0.3, -0.25) is 0 Å². The first-order valence-electron chi connectivity index (χ1n) is 4.94. The minimum absolute atomic E-state index is 0. The first-order valence-corrected chi connectivity index (χ1v) is 4.94. The normalized spacial score (nSPS) is 8.59. The molecule has 0 aromatic heterocycles. The van der Waals surface area contributed by atoms with Crippen LogP contribution in [0.3, 0.4) is 0 Å². The van der Waals surface area contributed by atoms with E-state index in [0.717, 1.165) is 11.1 Å². The molecule has 0 aliphatic carbocycles. The summed E-state index contributed by atoms with van der Waals surface area (Å²) in [5.74, 6) is 0.486. The Morgan fingerprint density at radius 1 is 0.824 bits per heavy atom. The molecule has 0 atom stereocenters. The summed E-state index contributed by atoms with van der Waals surface area (Å²) >= 11 is 0. The van der Waals surface area contributed by atoms with Crippen molar-refractivity contribution in [2.75, 3.05) is 0 Å². The molecule has 0 saturated carbocycles. The van der Waals surface area contributed by atoms with Gasteiger partial charge in [0.25, 0.3) is 0 Å². The molecule has 0 aliphatic rings. The van der Waals surface area contributed by atoms with Crippen molar-refractivity contribution in [2.24, 2.45) is 0 Å². The van der Waals surface area contributed by atoms with E-state index >= 15 is 0 Å². The van der Waals surface area contributed by atoms with Crippen LogP contribution in [0.5, 0.6) is 11.5 Å². The molecule has 0 spiro atoms. The fourth-order valence-corrected chi connectivity index (χ4v) is 1.02. The van der Waals surface area contributed by atoms with Gasteiger partial charge in [0, 0.05) is 11.5 Å². The minimum Gasteiger partial charge on any atom is -0.534 e. The van der Waals surface area contributed by atoms with Gasteiger partial charge in [-0.05, 0) is 0 Å². The zero-order chi connectivity index (χ0) is 12.0. The number of benzene rings is 2. The van der Waals surface area contributed by atoms with Gasteiger partial charge >= 0.3 is 23.1 Å². The van der Waals surface area contributed by atoms with Crippen LogP contribution in [0, 0.1) is 26.0 Å². The Morgan fingerprint density at radius 2 is 1.18 bits per heavy atom. The van der Waals surface area contributed by atoms with Gasteiger partial charge in [0.15, 0.2) is 0 Å². The smallest absolute Gasteiger partial charge is 0.534 e. The molecule has 84 valence electrons. The van der Waals surface area contributed by atoms with Gasteiger partial charge in [0.1, 0.15) is 0 Å². The summed E-state index contributed by atoms with van der Waals surface area (Å²) in [6.07, 6.45) is 0. The Balaban J connectivity index is 0.000000284. The maximum atomic E-state index is 8.86. The zero-order valence-electron chi connectivity index (χ0n) is 10.1. The van der Waals surface area contributed by atoms with Crippen molar-refractivity contribution in [1.82, 2.24) is 0 Å². The number of rotatable bonds is 0. The van der Waals surface area contributed by atoms with E-state index in [0.29, 0.717) is 0 Å². The summed E-state index contributed by atoms with van der Waals surface area (Å²) in [5.41, 5.74) is 1.74. The fourth-order valence-electron chi connectivity index (χ4n) is 1.02. The first-order chi connectivity index (χ1) is 7.61. The molecule has 0 amide bonds. The number of hydrogen-bond donors (Lipinski definition) is 2. The molecule has 0 radical (unpaired) electrons. The van der Waals surface area contributed by atoms with Crippen LogP contribution in [0.4, 0.5) is 0 Å². The predicted octanol–water partition coefficient (Wildman–Crippen LogP) is 2.62. The van der Waals surface area contributed by atoms with E-state index in [1.165, 1.54) is 0 Å². The molecule has 2 aromatic rings. The van der Waals surface area contributed by atoms with E-state index in [1.54, 1.807) is 12.1 Å². The first kappa shape index (κ1) is 15.8. The molecule has 0 saturated heterocycles. The molecule has 2 aromatic carbocycles. The Morgan fingerprint density at radius 3 is 1.35 bits per heavy atom. The number of aromatic hydroxyl groups is 2.